The van der Waals surface area contributed by atoms with Crippen LogP contribution in [0.5, 0.6) is 5.88 Å². The van der Waals surface area contributed by atoms with Crippen molar-refractivity contribution in [2.24, 2.45) is 0 Å². The van der Waals surface area contributed by atoms with Gasteiger partial charge < -0.3 is 19.9 Å². The van der Waals surface area contributed by atoms with Gasteiger partial charge in [0.05, 0.1) is 21.9 Å². The van der Waals surface area contributed by atoms with Crippen LogP contribution in [0.15, 0.2) is 17.0 Å². The predicted octanol–water partition coefficient (Wildman–Crippen LogP) is 3.91. The number of nitrogens with zero attached hydrogens (tertiary/aromatic N) is 5. The van der Waals surface area contributed by atoms with Crippen LogP contribution in [-0.4, -0.2) is 67.3 Å². The van der Waals surface area contributed by atoms with Gasteiger partial charge >= 0.3 is 0 Å². The van der Waals surface area contributed by atoms with Crippen LogP contribution in [0, 0.1) is 17.1 Å². The number of halogens is 2. The summed E-state index contributed by atoms with van der Waals surface area (Å²) in [6.07, 6.45) is 2.13. The normalized spacial score (nSPS) is 19.2. The number of nitrogens with one attached hydrogen (secondary N) is 1. The van der Waals surface area contributed by atoms with Crippen LogP contribution in [0.25, 0.3) is 22.2 Å². The third-order valence-corrected chi connectivity index (χ3v) is 7.31. The maximum atomic E-state index is 15.3. The summed E-state index contributed by atoms with van der Waals surface area (Å²) in [5, 5.41) is 16.2. The van der Waals surface area contributed by atoms with Crippen LogP contribution < -0.4 is 15.0 Å². The molecule has 2 aromatic heterocycles. The SMILES string of the molecule is CN1CCC[C@H]1COc1nc2c(F)cc(Cl)c(-c3cscn3)c2c(N2CCNCC2)c1C#N. The highest BCUT2D eigenvalue weighted by Crippen LogP contribution is 2.44. The second-order valence-electron chi connectivity index (χ2n) is 8.39. The first-order chi connectivity index (χ1) is 16.1. The van der Waals surface area contributed by atoms with Gasteiger partial charge in [0.1, 0.15) is 23.8 Å². The van der Waals surface area contributed by atoms with Crippen LogP contribution in [0.3, 0.4) is 0 Å². The minimum Gasteiger partial charge on any atom is -0.475 e. The lowest BCUT2D eigenvalue weighted by atomic mass is 9.99. The number of likely N-dealkylation sites (tertiary alicyclic amines) is 1. The molecule has 0 radical (unpaired) electrons. The number of likely N-dealkylation sites (N-methyl/N-ethyl adjacent to an activating group) is 1. The van der Waals surface area contributed by atoms with E-state index in [9.17, 15) is 5.26 Å². The maximum absolute atomic E-state index is 15.3. The molecule has 2 fully saturated rings. The first-order valence-electron chi connectivity index (χ1n) is 11.0. The molecule has 7 nitrogen and oxygen atoms in total. The number of aromatic nitrogens is 2. The third kappa shape index (κ3) is 4.13. The fourth-order valence-corrected chi connectivity index (χ4v) is 5.52. The van der Waals surface area contributed by atoms with Gasteiger partial charge in [0.15, 0.2) is 5.82 Å². The summed E-state index contributed by atoms with van der Waals surface area (Å²) in [6.45, 7) is 4.27. The number of anilines is 1. The van der Waals surface area contributed by atoms with Gasteiger partial charge in [-0.2, -0.15) is 5.26 Å². The molecule has 172 valence electrons. The zero-order valence-corrected chi connectivity index (χ0v) is 19.8. The van der Waals surface area contributed by atoms with Crippen LogP contribution in [0.1, 0.15) is 18.4 Å². The molecule has 2 saturated heterocycles. The number of hydrogen-bond acceptors (Lipinski definition) is 8. The molecule has 4 heterocycles. The summed E-state index contributed by atoms with van der Waals surface area (Å²) >= 11 is 7.99. The number of nitriles is 1. The number of piperazine rings is 1. The van der Waals surface area contributed by atoms with E-state index in [2.05, 4.69) is 38.2 Å². The number of pyridine rings is 1. The van der Waals surface area contributed by atoms with E-state index in [1.165, 1.54) is 17.4 Å². The molecular weight excluding hydrogens is 463 g/mol. The molecule has 5 rings (SSSR count). The lowest BCUT2D eigenvalue weighted by molar-refractivity contribution is 0.193. The van der Waals surface area contributed by atoms with Crippen molar-refractivity contribution in [3.05, 3.63) is 33.4 Å². The smallest absolute Gasteiger partial charge is 0.234 e. The summed E-state index contributed by atoms with van der Waals surface area (Å²) in [7, 11) is 2.06. The Hall–Kier alpha value is -2.51. The fourth-order valence-electron chi connectivity index (χ4n) is 4.69. The molecule has 1 N–H and O–H groups in total. The van der Waals surface area contributed by atoms with Crippen molar-refractivity contribution in [2.75, 3.05) is 51.3 Å². The Kier molecular flexibility index (Phi) is 6.34. The van der Waals surface area contributed by atoms with Crippen molar-refractivity contribution in [3.63, 3.8) is 0 Å². The molecular formula is C23H24ClFN6OS. The fraction of sp³-hybridized carbons (Fsp3) is 0.435. The lowest BCUT2D eigenvalue weighted by Crippen LogP contribution is -2.44. The van der Waals surface area contributed by atoms with Crippen LogP contribution in [0.2, 0.25) is 5.02 Å². The van der Waals surface area contributed by atoms with Gasteiger partial charge in [0.2, 0.25) is 5.88 Å². The summed E-state index contributed by atoms with van der Waals surface area (Å²) < 4.78 is 21.4. The Morgan fingerprint density at radius 1 is 1.36 bits per heavy atom. The average molecular weight is 487 g/mol. The average Bonchev–Trinajstić information content (AvgIpc) is 3.49. The van der Waals surface area contributed by atoms with E-state index in [0.29, 0.717) is 47.6 Å². The van der Waals surface area contributed by atoms with E-state index in [4.69, 9.17) is 16.3 Å². The van der Waals surface area contributed by atoms with Crippen molar-refractivity contribution >= 4 is 39.5 Å². The quantitative estimate of drug-likeness (QED) is 0.586. The summed E-state index contributed by atoms with van der Waals surface area (Å²) in [4.78, 5) is 13.3. The minimum atomic E-state index is -0.544. The first kappa shape index (κ1) is 22.3. The van der Waals surface area contributed by atoms with E-state index < -0.39 is 5.82 Å². The second-order valence-corrected chi connectivity index (χ2v) is 9.52. The van der Waals surface area contributed by atoms with Gasteiger partial charge in [-0.1, -0.05) is 11.6 Å². The number of ether oxygens (including phenoxy) is 1. The van der Waals surface area contributed by atoms with E-state index >= 15 is 4.39 Å². The summed E-state index contributed by atoms with van der Waals surface area (Å²) in [6, 6.07) is 3.82. The number of thiazole rings is 1. The predicted molar refractivity (Wildman–Crippen MR) is 129 cm³/mol. The minimum absolute atomic E-state index is 0.143. The van der Waals surface area contributed by atoms with E-state index in [0.717, 1.165) is 32.5 Å². The second kappa shape index (κ2) is 9.39. The molecule has 0 saturated carbocycles. The van der Waals surface area contributed by atoms with Crippen LogP contribution in [0.4, 0.5) is 10.1 Å². The van der Waals surface area contributed by atoms with Crippen molar-refractivity contribution in [1.29, 1.82) is 5.26 Å². The number of rotatable bonds is 5. The molecule has 33 heavy (non-hydrogen) atoms. The number of hydrogen-bond donors (Lipinski definition) is 1. The molecule has 0 aliphatic carbocycles. The molecule has 2 aliphatic rings. The maximum Gasteiger partial charge on any atom is 0.234 e. The summed E-state index contributed by atoms with van der Waals surface area (Å²) in [5.41, 5.74) is 4.00. The Morgan fingerprint density at radius 3 is 2.85 bits per heavy atom. The molecule has 0 amide bonds. The Balaban J connectivity index is 1.73. The van der Waals surface area contributed by atoms with Gasteiger partial charge in [-0.3, -0.25) is 0 Å². The van der Waals surface area contributed by atoms with Gasteiger partial charge in [-0.15, -0.1) is 11.3 Å². The molecule has 1 aromatic carbocycles. The van der Waals surface area contributed by atoms with Crippen LogP contribution in [-0.2, 0) is 0 Å². The number of benzene rings is 1. The van der Waals surface area contributed by atoms with E-state index in [1.807, 2.05) is 5.38 Å². The van der Waals surface area contributed by atoms with Crippen molar-refractivity contribution in [3.8, 4) is 23.2 Å². The van der Waals surface area contributed by atoms with Gasteiger partial charge in [-0.05, 0) is 32.5 Å². The van der Waals surface area contributed by atoms with Gasteiger partial charge in [0.25, 0.3) is 0 Å². The monoisotopic (exact) mass is 486 g/mol. The van der Waals surface area contributed by atoms with Crippen LogP contribution >= 0.6 is 22.9 Å². The largest absolute Gasteiger partial charge is 0.475 e. The zero-order chi connectivity index (χ0) is 22.9. The standard InChI is InChI=1S/C23H24ClFN6OS/c1-30-6-2-3-14(30)11-32-23-15(10-26)22(31-7-4-27-5-8-31)20-19(18-12-33-13-28-18)16(24)9-17(25)21(20)29-23/h9,12-14,27H,2-8,11H2,1H3/t14-/m0/s1. The van der Waals surface area contributed by atoms with E-state index in [-0.39, 0.29) is 22.5 Å². The molecule has 0 spiro atoms. The van der Waals surface area contributed by atoms with E-state index in [1.54, 1.807) is 5.51 Å². The molecule has 10 heteroatoms. The molecule has 1 atom stereocenters. The Labute approximate surface area is 200 Å². The highest BCUT2D eigenvalue weighted by Gasteiger charge is 2.29. The first-order valence-corrected chi connectivity index (χ1v) is 12.3. The Morgan fingerprint density at radius 2 is 2.18 bits per heavy atom. The van der Waals surface area contributed by atoms with Gasteiger partial charge in [0, 0.05) is 48.6 Å². The van der Waals surface area contributed by atoms with Crippen molar-refractivity contribution in [1.82, 2.24) is 20.2 Å². The summed E-state index contributed by atoms with van der Waals surface area (Å²) in [5.74, 6) is -0.373. The Bertz CT molecular complexity index is 1210. The highest BCUT2D eigenvalue weighted by atomic mass is 35.5. The molecule has 0 bridgehead atoms. The van der Waals surface area contributed by atoms with Crippen molar-refractivity contribution in [2.45, 2.75) is 18.9 Å². The molecule has 0 unspecified atom stereocenters. The third-order valence-electron chi connectivity index (χ3n) is 6.42. The van der Waals surface area contributed by atoms with Crippen molar-refractivity contribution < 1.29 is 9.13 Å². The lowest BCUT2D eigenvalue weighted by Gasteiger charge is -2.32. The van der Waals surface area contributed by atoms with Gasteiger partial charge in [-0.25, -0.2) is 14.4 Å². The number of fused-ring (bicyclic) bond motifs is 1. The highest BCUT2D eigenvalue weighted by molar-refractivity contribution is 7.07. The topological polar surface area (TPSA) is 77.3 Å². The zero-order valence-electron chi connectivity index (χ0n) is 18.3. The molecule has 2 aliphatic heterocycles. The molecule has 3 aromatic rings.